The molecule has 1 heterocycles. The van der Waals surface area contributed by atoms with Crippen LogP contribution in [0.3, 0.4) is 0 Å². The number of rotatable bonds is 3. The van der Waals surface area contributed by atoms with Crippen molar-refractivity contribution in [2.75, 3.05) is 26.2 Å². The van der Waals surface area contributed by atoms with Gasteiger partial charge in [0, 0.05) is 19.6 Å². The highest BCUT2D eigenvalue weighted by Gasteiger charge is 2.23. The Bertz CT molecular complexity index is 79.6. The second kappa shape index (κ2) is 6.62. The molecule has 0 aromatic rings. The van der Waals surface area contributed by atoms with Gasteiger partial charge in [0.15, 0.2) is 0 Å². The smallest absolute Gasteiger partial charge is 0.0558 e. The zero-order valence-corrected chi connectivity index (χ0v) is 8.01. The Morgan fingerprint density at radius 2 is 1.91 bits per heavy atom. The minimum absolute atomic E-state index is 0.316. The third-order valence-electron chi connectivity index (χ3n) is 2.03. The molecule has 1 rings (SSSR count). The third kappa shape index (κ3) is 3.73. The first-order valence-electron chi connectivity index (χ1n) is 4.70. The van der Waals surface area contributed by atoms with E-state index in [-0.39, 0.29) is 0 Å². The first-order chi connectivity index (χ1) is 5.36. The van der Waals surface area contributed by atoms with Gasteiger partial charge in [0.05, 0.1) is 6.61 Å². The van der Waals surface area contributed by atoms with Crippen LogP contribution in [0.1, 0.15) is 27.2 Å². The van der Waals surface area contributed by atoms with E-state index in [0.717, 1.165) is 12.5 Å². The van der Waals surface area contributed by atoms with Gasteiger partial charge in [-0.25, -0.2) is 0 Å². The lowest BCUT2D eigenvalue weighted by molar-refractivity contribution is 0.0761. The van der Waals surface area contributed by atoms with Crippen LogP contribution >= 0.6 is 0 Å². The lowest BCUT2D eigenvalue weighted by Crippen LogP contribution is -2.47. The van der Waals surface area contributed by atoms with Crippen molar-refractivity contribution in [3.63, 3.8) is 0 Å². The van der Waals surface area contributed by atoms with Gasteiger partial charge in [-0.15, -0.1) is 0 Å². The summed E-state index contributed by atoms with van der Waals surface area (Å²) >= 11 is 0. The number of aliphatic hydroxyl groups excluding tert-OH is 1. The summed E-state index contributed by atoms with van der Waals surface area (Å²) in [7, 11) is 0. The average molecular weight is 159 g/mol. The highest BCUT2D eigenvalue weighted by molar-refractivity contribution is 4.77. The molecule has 0 spiro atoms. The Labute approximate surface area is 70.2 Å². The Morgan fingerprint density at radius 1 is 1.36 bits per heavy atom. The Balaban J connectivity index is 0.000000461. The Morgan fingerprint density at radius 3 is 2.27 bits per heavy atom. The fourth-order valence-electron chi connectivity index (χ4n) is 1.26. The molecule has 11 heavy (non-hydrogen) atoms. The summed E-state index contributed by atoms with van der Waals surface area (Å²) in [5.41, 5.74) is 0. The van der Waals surface area contributed by atoms with Gasteiger partial charge >= 0.3 is 0 Å². The summed E-state index contributed by atoms with van der Waals surface area (Å²) in [6, 6.07) is 0. The molecular weight excluding hydrogens is 138 g/mol. The molecule has 2 nitrogen and oxygen atoms in total. The Kier molecular flexibility index (Phi) is 6.57. The van der Waals surface area contributed by atoms with Crippen molar-refractivity contribution in [1.29, 1.82) is 0 Å². The highest BCUT2D eigenvalue weighted by atomic mass is 16.3. The van der Waals surface area contributed by atoms with Crippen LogP contribution in [0.5, 0.6) is 0 Å². The van der Waals surface area contributed by atoms with Crippen LogP contribution in [0, 0.1) is 5.92 Å². The fraction of sp³-hybridized carbons (Fsp3) is 1.00. The van der Waals surface area contributed by atoms with Crippen molar-refractivity contribution in [1.82, 2.24) is 4.90 Å². The second-order valence-electron chi connectivity index (χ2n) is 2.76. The van der Waals surface area contributed by atoms with E-state index in [0.29, 0.717) is 6.61 Å². The fourth-order valence-corrected chi connectivity index (χ4v) is 1.26. The van der Waals surface area contributed by atoms with Crippen LogP contribution in [0.2, 0.25) is 0 Å². The lowest BCUT2D eigenvalue weighted by Gasteiger charge is -2.38. The molecule has 0 aliphatic carbocycles. The largest absolute Gasteiger partial charge is 0.395 e. The summed E-state index contributed by atoms with van der Waals surface area (Å²) in [5.74, 6) is 0.913. The minimum atomic E-state index is 0.316. The van der Waals surface area contributed by atoms with Gasteiger partial charge in [0.25, 0.3) is 0 Å². The lowest BCUT2D eigenvalue weighted by atomic mass is 9.98. The maximum Gasteiger partial charge on any atom is 0.0558 e. The average Bonchev–Trinajstić information content (AvgIpc) is 2.00. The molecule has 1 N–H and O–H groups in total. The number of β-amino-alcohol motifs (C(OH)–C–C–N with tert-alkyl or cyclic N) is 1. The van der Waals surface area contributed by atoms with Gasteiger partial charge in [-0.3, -0.25) is 0 Å². The Hall–Kier alpha value is -0.0800. The van der Waals surface area contributed by atoms with E-state index < -0.39 is 0 Å². The summed E-state index contributed by atoms with van der Waals surface area (Å²) in [6.45, 7) is 9.82. The van der Waals surface area contributed by atoms with Crippen LogP contribution in [0.15, 0.2) is 0 Å². The molecule has 0 amide bonds. The van der Waals surface area contributed by atoms with E-state index in [2.05, 4.69) is 11.8 Å². The molecule has 1 fully saturated rings. The van der Waals surface area contributed by atoms with Gasteiger partial charge in [-0.2, -0.15) is 0 Å². The summed E-state index contributed by atoms with van der Waals surface area (Å²) < 4.78 is 0. The van der Waals surface area contributed by atoms with E-state index in [1.54, 1.807) is 0 Å². The van der Waals surface area contributed by atoms with Crippen LogP contribution in [0.25, 0.3) is 0 Å². The van der Waals surface area contributed by atoms with E-state index in [1.807, 2.05) is 13.8 Å². The topological polar surface area (TPSA) is 23.5 Å². The predicted molar refractivity (Wildman–Crippen MR) is 48.7 cm³/mol. The molecule has 0 unspecified atom stereocenters. The van der Waals surface area contributed by atoms with E-state index in [9.17, 15) is 0 Å². The maximum atomic E-state index is 8.52. The molecule has 1 aliphatic rings. The summed E-state index contributed by atoms with van der Waals surface area (Å²) in [6.07, 6.45) is 1.29. The molecule has 1 saturated heterocycles. The van der Waals surface area contributed by atoms with E-state index in [4.69, 9.17) is 5.11 Å². The van der Waals surface area contributed by atoms with Crippen LogP contribution in [-0.2, 0) is 0 Å². The molecule has 1 aliphatic heterocycles. The van der Waals surface area contributed by atoms with Crippen LogP contribution in [0.4, 0.5) is 0 Å². The molecular formula is C9H21NO. The molecule has 0 aromatic heterocycles. The zero-order valence-electron chi connectivity index (χ0n) is 8.01. The standard InChI is InChI=1S/C7H15NO.C2H6/c1-2-7-5-8(6-7)3-4-9;1-2/h7,9H,2-6H2,1H3;1-2H3. The van der Waals surface area contributed by atoms with Crippen LogP contribution < -0.4 is 0 Å². The number of aliphatic hydroxyl groups is 1. The van der Waals surface area contributed by atoms with Crippen molar-refractivity contribution in [3.8, 4) is 0 Å². The molecule has 0 aromatic carbocycles. The van der Waals surface area contributed by atoms with Crippen molar-refractivity contribution < 1.29 is 5.11 Å². The quantitative estimate of drug-likeness (QED) is 0.672. The number of nitrogens with zero attached hydrogens (tertiary/aromatic N) is 1. The van der Waals surface area contributed by atoms with Gasteiger partial charge in [-0.05, 0) is 5.92 Å². The minimum Gasteiger partial charge on any atom is -0.395 e. The summed E-state index contributed by atoms with van der Waals surface area (Å²) in [4.78, 5) is 2.29. The first-order valence-corrected chi connectivity index (χ1v) is 4.70. The van der Waals surface area contributed by atoms with Crippen molar-refractivity contribution in [2.24, 2.45) is 5.92 Å². The van der Waals surface area contributed by atoms with Gasteiger partial charge in [-0.1, -0.05) is 27.2 Å². The number of likely N-dealkylation sites (tertiary alicyclic amines) is 1. The van der Waals surface area contributed by atoms with E-state index in [1.165, 1.54) is 19.5 Å². The first kappa shape index (κ1) is 10.9. The summed E-state index contributed by atoms with van der Waals surface area (Å²) in [5, 5.41) is 8.52. The predicted octanol–water partition coefficient (Wildman–Crippen LogP) is 1.35. The SMILES string of the molecule is CC.CCC1CN(CCO)C1. The molecule has 0 saturated carbocycles. The van der Waals surface area contributed by atoms with Crippen molar-refractivity contribution in [2.45, 2.75) is 27.2 Å². The third-order valence-corrected chi connectivity index (χ3v) is 2.03. The highest BCUT2D eigenvalue weighted by Crippen LogP contribution is 2.16. The van der Waals surface area contributed by atoms with Crippen molar-refractivity contribution >= 4 is 0 Å². The number of hydrogen-bond donors (Lipinski definition) is 1. The van der Waals surface area contributed by atoms with Gasteiger partial charge in [0.1, 0.15) is 0 Å². The van der Waals surface area contributed by atoms with Gasteiger partial charge in [0.2, 0.25) is 0 Å². The molecule has 0 bridgehead atoms. The van der Waals surface area contributed by atoms with E-state index >= 15 is 0 Å². The van der Waals surface area contributed by atoms with Crippen molar-refractivity contribution in [3.05, 3.63) is 0 Å². The monoisotopic (exact) mass is 159 g/mol. The van der Waals surface area contributed by atoms with Gasteiger partial charge < -0.3 is 10.0 Å². The second-order valence-corrected chi connectivity index (χ2v) is 2.76. The molecule has 0 radical (unpaired) electrons. The number of hydrogen-bond acceptors (Lipinski definition) is 2. The normalized spacial score (nSPS) is 18.5. The molecule has 2 heteroatoms. The zero-order chi connectivity index (χ0) is 8.69. The molecule has 68 valence electrons. The van der Waals surface area contributed by atoms with Crippen LogP contribution in [-0.4, -0.2) is 36.2 Å². The maximum absolute atomic E-state index is 8.52. The molecule has 0 atom stereocenters.